The molecular weight excluding hydrogens is 326 g/mol. The number of nitrogens with zero attached hydrogens (tertiary/aromatic N) is 3. The summed E-state index contributed by atoms with van der Waals surface area (Å²) >= 11 is 1.49. The van der Waals surface area contributed by atoms with Crippen molar-refractivity contribution in [2.24, 2.45) is 7.05 Å². The number of aliphatic hydroxyl groups is 1. The molecule has 9 heteroatoms. The minimum absolute atomic E-state index is 0.0998. The molecule has 0 aromatic carbocycles. The summed E-state index contributed by atoms with van der Waals surface area (Å²) < 4.78 is 31.3. The van der Waals surface area contributed by atoms with Crippen molar-refractivity contribution in [1.29, 1.82) is 0 Å². The third-order valence-corrected chi connectivity index (χ3v) is 5.64. The smallest absolute Gasteiger partial charge is 0.228 e. The van der Waals surface area contributed by atoms with Gasteiger partial charge in [0.1, 0.15) is 5.75 Å². The van der Waals surface area contributed by atoms with E-state index >= 15 is 0 Å². The van der Waals surface area contributed by atoms with Crippen LogP contribution in [-0.2, 0) is 29.2 Å². The fraction of sp³-hybridized carbons (Fsp3) is 0.231. The normalized spacial score (nSPS) is 11.9. The Kier molecular flexibility index (Phi) is 3.85. The molecule has 1 N–H and O–H groups in total. The topological polar surface area (TPSA) is 98.2 Å². The third kappa shape index (κ3) is 2.70. The maximum atomic E-state index is 12.4. The van der Waals surface area contributed by atoms with Gasteiger partial charge in [-0.05, 0) is 11.4 Å². The number of aromatic nitrogens is 3. The SMILES string of the molecule is Cn1c(CO)cnc1S(=O)(=O)Cc1cc(-c2cccs2)on1. The zero-order valence-corrected chi connectivity index (χ0v) is 13.3. The molecule has 0 bridgehead atoms. The molecular formula is C13H13N3O4S2. The Labute approximate surface area is 130 Å². The zero-order valence-electron chi connectivity index (χ0n) is 11.6. The van der Waals surface area contributed by atoms with Crippen LogP contribution in [0.2, 0.25) is 0 Å². The van der Waals surface area contributed by atoms with Crippen molar-refractivity contribution >= 4 is 21.2 Å². The highest BCUT2D eigenvalue weighted by atomic mass is 32.2. The minimum atomic E-state index is -3.67. The molecule has 0 radical (unpaired) electrons. The molecule has 0 aliphatic rings. The number of imidazole rings is 1. The van der Waals surface area contributed by atoms with E-state index in [1.54, 1.807) is 13.1 Å². The van der Waals surface area contributed by atoms with Gasteiger partial charge in [-0.1, -0.05) is 11.2 Å². The van der Waals surface area contributed by atoms with Crippen molar-refractivity contribution in [2.45, 2.75) is 17.5 Å². The molecule has 0 spiro atoms. The highest BCUT2D eigenvalue weighted by Gasteiger charge is 2.24. The Morgan fingerprint density at radius 2 is 2.27 bits per heavy atom. The summed E-state index contributed by atoms with van der Waals surface area (Å²) in [6, 6.07) is 5.36. The van der Waals surface area contributed by atoms with Crippen LogP contribution in [0.5, 0.6) is 0 Å². The predicted octanol–water partition coefficient (Wildman–Crippen LogP) is 1.60. The van der Waals surface area contributed by atoms with Crippen LogP contribution in [0.15, 0.2) is 39.5 Å². The van der Waals surface area contributed by atoms with Crippen LogP contribution in [0.25, 0.3) is 10.6 Å². The van der Waals surface area contributed by atoms with Crippen molar-refractivity contribution in [2.75, 3.05) is 0 Å². The van der Waals surface area contributed by atoms with E-state index in [0.717, 1.165) is 4.88 Å². The molecule has 0 aliphatic heterocycles. The Morgan fingerprint density at radius 1 is 1.45 bits per heavy atom. The van der Waals surface area contributed by atoms with E-state index in [2.05, 4.69) is 10.1 Å². The first kappa shape index (κ1) is 14.9. The summed E-state index contributed by atoms with van der Waals surface area (Å²) in [4.78, 5) is 4.75. The van der Waals surface area contributed by atoms with Crippen LogP contribution in [0, 0.1) is 0 Å². The summed E-state index contributed by atoms with van der Waals surface area (Å²) in [5, 5.41) is 14.7. The fourth-order valence-electron chi connectivity index (χ4n) is 2.04. The van der Waals surface area contributed by atoms with Crippen molar-refractivity contribution in [1.82, 2.24) is 14.7 Å². The van der Waals surface area contributed by atoms with Crippen LogP contribution in [0.1, 0.15) is 11.4 Å². The van der Waals surface area contributed by atoms with E-state index in [1.165, 1.54) is 22.1 Å². The Balaban J connectivity index is 1.87. The maximum Gasteiger partial charge on any atom is 0.228 e. The second-order valence-electron chi connectivity index (χ2n) is 4.67. The van der Waals surface area contributed by atoms with Gasteiger partial charge in [-0.2, -0.15) is 0 Å². The van der Waals surface area contributed by atoms with Crippen LogP contribution in [-0.4, -0.2) is 28.2 Å². The number of aliphatic hydroxyl groups excluding tert-OH is 1. The fourth-order valence-corrected chi connectivity index (χ4v) is 4.11. The van der Waals surface area contributed by atoms with E-state index in [9.17, 15) is 8.42 Å². The third-order valence-electron chi connectivity index (χ3n) is 3.14. The molecule has 116 valence electrons. The van der Waals surface area contributed by atoms with Gasteiger partial charge in [-0.15, -0.1) is 11.3 Å². The molecule has 3 rings (SSSR count). The van der Waals surface area contributed by atoms with Crippen LogP contribution in [0.4, 0.5) is 0 Å². The summed E-state index contributed by atoms with van der Waals surface area (Å²) in [6.45, 7) is -0.272. The molecule has 0 amide bonds. The largest absolute Gasteiger partial charge is 0.390 e. The van der Waals surface area contributed by atoms with Crippen molar-refractivity contribution in [3.8, 4) is 10.6 Å². The minimum Gasteiger partial charge on any atom is -0.390 e. The molecule has 3 aromatic rings. The van der Waals surface area contributed by atoms with Gasteiger partial charge in [0.2, 0.25) is 15.0 Å². The molecule has 0 aliphatic carbocycles. The molecule has 3 heterocycles. The highest BCUT2D eigenvalue weighted by molar-refractivity contribution is 7.90. The lowest BCUT2D eigenvalue weighted by atomic mass is 10.3. The lowest BCUT2D eigenvalue weighted by Gasteiger charge is -2.04. The lowest BCUT2D eigenvalue weighted by molar-refractivity contribution is 0.271. The summed E-state index contributed by atoms with van der Waals surface area (Å²) in [6.07, 6.45) is 1.34. The number of sulfone groups is 1. The van der Waals surface area contributed by atoms with Gasteiger partial charge in [-0.3, -0.25) is 0 Å². The molecule has 0 unspecified atom stereocenters. The monoisotopic (exact) mass is 339 g/mol. The lowest BCUT2D eigenvalue weighted by Crippen LogP contribution is -2.12. The van der Waals surface area contributed by atoms with E-state index in [0.29, 0.717) is 17.1 Å². The average Bonchev–Trinajstić information content (AvgIpc) is 3.17. The second kappa shape index (κ2) is 5.67. The van der Waals surface area contributed by atoms with E-state index in [4.69, 9.17) is 9.63 Å². The number of rotatable bonds is 5. The number of hydrogen-bond acceptors (Lipinski definition) is 7. The standard InChI is InChI=1S/C13H13N3O4S2/c1-16-10(7-17)6-14-13(16)22(18,19)8-9-5-11(20-15-9)12-3-2-4-21-12/h2-6,17H,7-8H2,1H3. The quantitative estimate of drug-likeness (QED) is 0.758. The highest BCUT2D eigenvalue weighted by Crippen LogP contribution is 2.26. The maximum absolute atomic E-state index is 12.4. The van der Waals surface area contributed by atoms with E-state index in [-0.39, 0.29) is 17.5 Å². The second-order valence-corrected chi connectivity index (χ2v) is 7.50. The predicted molar refractivity (Wildman–Crippen MR) is 79.8 cm³/mol. The molecule has 22 heavy (non-hydrogen) atoms. The molecule has 0 fully saturated rings. The molecule has 3 aromatic heterocycles. The Bertz CT molecular complexity index is 878. The van der Waals surface area contributed by atoms with Gasteiger partial charge in [-0.25, -0.2) is 13.4 Å². The van der Waals surface area contributed by atoms with Crippen LogP contribution < -0.4 is 0 Å². The molecule has 0 saturated carbocycles. The van der Waals surface area contributed by atoms with Gasteiger partial charge < -0.3 is 14.2 Å². The van der Waals surface area contributed by atoms with Crippen molar-refractivity contribution < 1.29 is 18.0 Å². The first-order chi connectivity index (χ1) is 10.5. The molecule has 0 saturated heterocycles. The average molecular weight is 339 g/mol. The van der Waals surface area contributed by atoms with Gasteiger partial charge >= 0.3 is 0 Å². The zero-order chi connectivity index (χ0) is 15.7. The van der Waals surface area contributed by atoms with E-state index in [1.807, 2.05) is 17.5 Å². The Hall–Kier alpha value is -1.97. The number of hydrogen-bond donors (Lipinski definition) is 1. The van der Waals surface area contributed by atoms with Crippen LogP contribution >= 0.6 is 11.3 Å². The summed E-state index contributed by atoms with van der Waals surface area (Å²) in [7, 11) is -2.12. The van der Waals surface area contributed by atoms with Gasteiger partial charge in [0, 0.05) is 13.1 Å². The van der Waals surface area contributed by atoms with Crippen molar-refractivity contribution in [3.05, 3.63) is 41.2 Å². The van der Waals surface area contributed by atoms with Gasteiger partial charge in [0.05, 0.1) is 29.1 Å². The molecule has 0 atom stereocenters. The number of thiophene rings is 1. The van der Waals surface area contributed by atoms with Crippen molar-refractivity contribution in [3.63, 3.8) is 0 Å². The summed E-state index contributed by atoms with van der Waals surface area (Å²) in [5.41, 5.74) is 0.745. The van der Waals surface area contributed by atoms with Gasteiger partial charge in [0.15, 0.2) is 5.76 Å². The Morgan fingerprint density at radius 3 is 2.91 bits per heavy atom. The first-order valence-corrected chi connectivity index (χ1v) is 8.88. The van der Waals surface area contributed by atoms with E-state index < -0.39 is 9.84 Å². The first-order valence-electron chi connectivity index (χ1n) is 6.35. The van der Waals surface area contributed by atoms with Crippen LogP contribution in [0.3, 0.4) is 0 Å². The summed E-state index contributed by atoms with van der Waals surface area (Å²) in [5.74, 6) is 0.230. The molecule has 7 nitrogen and oxygen atoms in total. The van der Waals surface area contributed by atoms with Gasteiger partial charge in [0.25, 0.3) is 0 Å².